The van der Waals surface area contributed by atoms with Crippen molar-refractivity contribution in [2.24, 2.45) is 0 Å². The first-order valence-electron chi connectivity index (χ1n) is 2.93. The number of hydrogen-bond acceptors (Lipinski definition) is 3. The fourth-order valence-corrected chi connectivity index (χ4v) is 1.08. The molecular weight excluding hydrogens is 147 g/mol. The van der Waals surface area contributed by atoms with Gasteiger partial charge in [0.2, 0.25) is 0 Å². The average molecular weight is 158 g/mol. The smallest absolute Gasteiger partial charge is 0.748 e. The first-order valence-corrected chi connectivity index (χ1v) is 4.40. The van der Waals surface area contributed by atoms with Crippen molar-refractivity contribution in [2.75, 3.05) is 0 Å². The van der Waals surface area contributed by atoms with E-state index in [-0.39, 0.29) is 18.9 Å². The molecule has 0 aliphatic heterocycles. The Morgan fingerprint density at radius 2 is 1.90 bits per heavy atom. The third-order valence-electron chi connectivity index (χ3n) is 1.19. The molecule has 0 fully saturated rings. The SMILES string of the molecule is CCCC(C)S(=O)(=O)[O-].[Li+]. The van der Waals surface area contributed by atoms with Gasteiger partial charge in [-0.2, -0.15) is 0 Å². The fourth-order valence-electron chi connectivity index (χ4n) is 0.551. The molecule has 5 heteroatoms. The minimum Gasteiger partial charge on any atom is -0.748 e. The van der Waals surface area contributed by atoms with E-state index in [1.165, 1.54) is 6.92 Å². The summed E-state index contributed by atoms with van der Waals surface area (Å²) in [5, 5.41) is -0.720. The maximum absolute atomic E-state index is 10.2. The quantitative estimate of drug-likeness (QED) is 0.343. The number of hydrogen-bond donors (Lipinski definition) is 0. The van der Waals surface area contributed by atoms with Gasteiger partial charge < -0.3 is 4.55 Å². The van der Waals surface area contributed by atoms with Crippen LogP contribution in [0.4, 0.5) is 0 Å². The van der Waals surface area contributed by atoms with Crippen LogP contribution in [0.2, 0.25) is 0 Å². The van der Waals surface area contributed by atoms with Crippen LogP contribution < -0.4 is 18.9 Å². The van der Waals surface area contributed by atoms with E-state index in [9.17, 15) is 13.0 Å². The molecule has 0 amide bonds. The van der Waals surface area contributed by atoms with Gasteiger partial charge in [-0.3, -0.25) is 0 Å². The van der Waals surface area contributed by atoms with Crippen molar-refractivity contribution in [3.05, 3.63) is 0 Å². The van der Waals surface area contributed by atoms with Gasteiger partial charge >= 0.3 is 18.9 Å². The Kier molecular flexibility index (Phi) is 6.82. The molecule has 0 aromatic heterocycles. The van der Waals surface area contributed by atoms with E-state index < -0.39 is 15.4 Å². The Morgan fingerprint density at radius 3 is 2.00 bits per heavy atom. The van der Waals surface area contributed by atoms with Gasteiger partial charge in [-0.25, -0.2) is 8.42 Å². The van der Waals surface area contributed by atoms with Crippen LogP contribution in [-0.4, -0.2) is 18.2 Å². The molecule has 1 unspecified atom stereocenters. The molecule has 1 atom stereocenters. The second-order valence-corrected chi connectivity index (χ2v) is 3.88. The molecule has 0 heterocycles. The second-order valence-electron chi connectivity index (χ2n) is 2.09. The molecule has 56 valence electrons. The summed E-state index contributed by atoms with van der Waals surface area (Å²) in [5.74, 6) is 0. The topological polar surface area (TPSA) is 57.2 Å². The predicted octanol–water partition coefficient (Wildman–Crippen LogP) is -2.28. The van der Waals surface area contributed by atoms with Crippen molar-refractivity contribution in [2.45, 2.75) is 31.9 Å². The van der Waals surface area contributed by atoms with E-state index in [1.807, 2.05) is 6.92 Å². The molecule has 0 saturated carbocycles. The Hall–Kier alpha value is 0.507. The Labute approximate surface area is 74.1 Å². The summed E-state index contributed by atoms with van der Waals surface area (Å²) in [4.78, 5) is 0. The van der Waals surface area contributed by atoms with Crippen molar-refractivity contribution in [3.8, 4) is 0 Å². The molecule has 0 aromatic rings. The molecule has 0 bridgehead atoms. The van der Waals surface area contributed by atoms with E-state index in [0.717, 1.165) is 6.42 Å². The third kappa shape index (κ3) is 5.30. The van der Waals surface area contributed by atoms with Gasteiger partial charge in [0, 0.05) is 5.25 Å². The summed E-state index contributed by atoms with van der Waals surface area (Å²) in [6.07, 6.45) is 1.20. The average Bonchev–Trinajstić information content (AvgIpc) is 1.64. The molecule has 0 aliphatic carbocycles. The van der Waals surface area contributed by atoms with Crippen LogP contribution in [0.25, 0.3) is 0 Å². The summed E-state index contributed by atoms with van der Waals surface area (Å²) in [5.41, 5.74) is 0. The van der Waals surface area contributed by atoms with Crippen LogP contribution >= 0.6 is 0 Å². The van der Waals surface area contributed by atoms with Crippen LogP contribution in [0.5, 0.6) is 0 Å². The molecule has 10 heavy (non-hydrogen) atoms. The first-order chi connectivity index (χ1) is 3.98. The molecule has 0 spiro atoms. The third-order valence-corrected chi connectivity index (χ3v) is 2.41. The molecular formula is C5H11LiO3S. The standard InChI is InChI=1S/C5H12O3S.Li/c1-3-4-5(2)9(6,7)8;/h5H,3-4H2,1-2H3,(H,6,7,8);/q;+1/p-1. The van der Waals surface area contributed by atoms with Crippen LogP contribution in [0, 0.1) is 0 Å². The summed E-state index contributed by atoms with van der Waals surface area (Å²) in [6.45, 7) is 3.29. The van der Waals surface area contributed by atoms with E-state index in [1.54, 1.807) is 0 Å². The molecule has 0 rings (SSSR count). The van der Waals surface area contributed by atoms with E-state index >= 15 is 0 Å². The molecule has 0 aliphatic rings. The zero-order valence-corrected chi connectivity index (χ0v) is 7.44. The monoisotopic (exact) mass is 158 g/mol. The minimum atomic E-state index is -4.01. The first kappa shape index (κ1) is 13.1. The minimum absolute atomic E-state index is 0. The van der Waals surface area contributed by atoms with E-state index in [0.29, 0.717) is 6.42 Å². The van der Waals surface area contributed by atoms with Gasteiger partial charge in [0.05, 0.1) is 10.1 Å². The maximum atomic E-state index is 10.2. The van der Waals surface area contributed by atoms with Crippen molar-refractivity contribution in [3.63, 3.8) is 0 Å². The van der Waals surface area contributed by atoms with E-state index in [2.05, 4.69) is 0 Å². The van der Waals surface area contributed by atoms with Gasteiger partial charge in [-0.1, -0.05) is 13.3 Å². The van der Waals surface area contributed by atoms with Gasteiger partial charge in [-0.05, 0) is 13.3 Å². The predicted molar refractivity (Wildman–Crippen MR) is 34.1 cm³/mol. The molecule has 0 radical (unpaired) electrons. The van der Waals surface area contributed by atoms with E-state index in [4.69, 9.17) is 0 Å². The summed E-state index contributed by atoms with van der Waals surface area (Å²) in [6, 6.07) is 0. The Balaban J connectivity index is 0. The van der Waals surface area contributed by atoms with Gasteiger partial charge in [0.1, 0.15) is 0 Å². The largest absolute Gasteiger partial charge is 1.00 e. The summed E-state index contributed by atoms with van der Waals surface area (Å²) < 4.78 is 30.5. The van der Waals surface area contributed by atoms with Crippen molar-refractivity contribution >= 4 is 10.1 Å². The molecule has 0 saturated heterocycles. The maximum Gasteiger partial charge on any atom is 1.00 e. The van der Waals surface area contributed by atoms with Crippen molar-refractivity contribution in [1.82, 2.24) is 0 Å². The zero-order chi connectivity index (χ0) is 7.49. The van der Waals surface area contributed by atoms with Crippen molar-refractivity contribution < 1.29 is 31.8 Å². The zero-order valence-electron chi connectivity index (χ0n) is 6.62. The Bertz CT molecular complexity index is 164. The normalized spacial score (nSPS) is 13.9. The summed E-state index contributed by atoms with van der Waals surface area (Å²) in [7, 11) is -4.01. The van der Waals surface area contributed by atoms with Gasteiger partial charge in [0.15, 0.2) is 0 Å². The van der Waals surface area contributed by atoms with Crippen LogP contribution in [-0.2, 0) is 10.1 Å². The second kappa shape index (κ2) is 5.20. The van der Waals surface area contributed by atoms with Crippen LogP contribution in [0.15, 0.2) is 0 Å². The molecule has 0 aromatic carbocycles. The van der Waals surface area contributed by atoms with Crippen molar-refractivity contribution in [1.29, 1.82) is 0 Å². The summed E-state index contributed by atoms with van der Waals surface area (Å²) >= 11 is 0. The van der Waals surface area contributed by atoms with Gasteiger partial charge in [-0.15, -0.1) is 0 Å². The molecule has 0 N–H and O–H groups in total. The Morgan fingerprint density at radius 1 is 1.50 bits per heavy atom. The van der Waals surface area contributed by atoms with Crippen LogP contribution in [0.3, 0.4) is 0 Å². The number of rotatable bonds is 3. The fraction of sp³-hybridized carbons (Fsp3) is 1.00. The van der Waals surface area contributed by atoms with Crippen LogP contribution in [0.1, 0.15) is 26.7 Å². The molecule has 3 nitrogen and oxygen atoms in total. The van der Waals surface area contributed by atoms with Gasteiger partial charge in [0.25, 0.3) is 0 Å².